The minimum atomic E-state index is -0.755. The van der Waals surface area contributed by atoms with Crippen molar-refractivity contribution in [1.82, 2.24) is 10.2 Å². The van der Waals surface area contributed by atoms with Crippen LogP contribution < -0.4 is 11.1 Å². The third-order valence-electron chi connectivity index (χ3n) is 2.01. The third kappa shape index (κ3) is 7.75. The van der Waals surface area contributed by atoms with E-state index < -0.39 is 5.97 Å². The van der Waals surface area contributed by atoms with Crippen LogP contribution in [0, 0.1) is 0 Å². The Morgan fingerprint density at radius 3 is 2.13 bits per heavy atom. The first-order valence-electron chi connectivity index (χ1n) is 4.98. The van der Waals surface area contributed by atoms with Crippen LogP contribution in [0.1, 0.15) is 19.3 Å². The van der Waals surface area contributed by atoms with Crippen LogP contribution in [0.15, 0.2) is 0 Å². The van der Waals surface area contributed by atoms with E-state index in [1.165, 1.54) is 0 Å². The summed E-state index contributed by atoms with van der Waals surface area (Å²) in [5, 5.41) is 10.7. The number of nitrogens with two attached hydrogens (primary N) is 1. The van der Waals surface area contributed by atoms with Crippen LogP contribution in [0.5, 0.6) is 0 Å². The van der Waals surface area contributed by atoms with E-state index in [0.29, 0.717) is 6.54 Å². The van der Waals surface area contributed by atoms with Crippen molar-refractivity contribution in [2.75, 3.05) is 26.7 Å². The number of rotatable bonds is 3. The van der Waals surface area contributed by atoms with Crippen LogP contribution in [-0.2, 0) is 4.79 Å². The number of aliphatic carboxylic acids is 1. The van der Waals surface area contributed by atoms with Gasteiger partial charge < -0.3 is 21.1 Å². The molecule has 1 aliphatic heterocycles. The number of likely N-dealkylation sites (tertiary alicyclic amines) is 1. The van der Waals surface area contributed by atoms with Crippen molar-refractivity contribution in [3.05, 3.63) is 0 Å². The predicted molar refractivity (Wildman–Crippen MR) is 56.6 cm³/mol. The first-order valence-corrected chi connectivity index (χ1v) is 4.98. The van der Waals surface area contributed by atoms with Gasteiger partial charge in [-0.15, -0.1) is 0 Å². The zero-order chi connectivity index (χ0) is 11.7. The van der Waals surface area contributed by atoms with Crippen LogP contribution in [0.4, 0.5) is 4.79 Å². The maximum absolute atomic E-state index is 10.3. The second-order valence-electron chi connectivity index (χ2n) is 3.28. The van der Waals surface area contributed by atoms with Gasteiger partial charge in [0.15, 0.2) is 0 Å². The lowest BCUT2D eigenvalue weighted by atomic mass is 10.4. The minimum Gasteiger partial charge on any atom is -0.481 e. The Hall–Kier alpha value is -1.30. The largest absolute Gasteiger partial charge is 0.481 e. The van der Waals surface area contributed by atoms with E-state index in [1.807, 2.05) is 0 Å². The molecule has 1 heterocycles. The molecule has 4 N–H and O–H groups in total. The van der Waals surface area contributed by atoms with Crippen LogP contribution in [0.2, 0.25) is 0 Å². The normalized spacial score (nSPS) is 14.3. The number of nitrogens with zero attached hydrogens (tertiary/aromatic N) is 1. The summed E-state index contributed by atoms with van der Waals surface area (Å²) in [6, 6.07) is -0.275. The highest BCUT2D eigenvalue weighted by molar-refractivity contribution is 5.72. The molecule has 0 aromatic rings. The molecule has 88 valence electrons. The Balaban J connectivity index is 0.000000265. The van der Waals surface area contributed by atoms with Crippen LogP contribution in [0.25, 0.3) is 0 Å². The molecule has 0 aromatic heterocycles. The summed E-state index contributed by atoms with van der Waals surface area (Å²) in [7, 11) is 1.73. The van der Waals surface area contributed by atoms with Crippen molar-refractivity contribution in [3.63, 3.8) is 0 Å². The standard InChI is InChI=1S/C5H10N2O.C4H9NO2/c6-5(8)7-3-1-2-4-7;1-5-3-2-4(6)7/h1-4H2,(H2,6,8);5H,2-3H2,1H3,(H,6,7). The highest BCUT2D eigenvalue weighted by Gasteiger charge is 2.13. The van der Waals surface area contributed by atoms with Crippen molar-refractivity contribution in [1.29, 1.82) is 0 Å². The average Bonchev–Trinajstić information content (AvgIpc) is 2.68. The maximum Gasteiger partial charge on any atom is 0.314 e. The lowest BCUT2D eigenvalue weighted by Crippen LogP contribution is -2.32. The minimum absolute atomic E-state index is 0.205. The Kier molecular flexibility index (Phi) is 7.35. The van der Waals surface area contributed by atoms with Gasteiger partial charge in [-0.05, 0) is 19.9 Å². The van der Waals surface area contributed by atoms with Crippen LogP contribution >= 0.6 is 0 Å². The number of nitrogens with one attached hydrogen (secondary N) is 1. The van der Waals surface area contributed by atoms with Gasteiger partial charge in [0.05, 0.1) is 6.42 Å². The van der Waals surface area contributed by atoms with E-state index in [0.717, 1.165) is 25.9 Å². The summed E-state index contributed by atoms with van der Waals surface area (Å²) in [6.07, 6.45) is 2.43. The maximum atomic E-state index is 10.3. The van der Waals surface area contributed by atoms with E-state index in [9.17, 15) is 9.59 Å². The molecule has 1 aliphatic rings. The fourth-order valence-corrected chi connectivity index (χ4v) is 1.17. The number of primary amides is 1. The number of hydrogen-bond acceptors (Lipinski definition) is 3. The van der Waals surface area contributed by atoms with Gasteiger partial charge in [0, 0.05) is 19.6 Å². The fraction of sp³-hybridized carbons (Fsp3) is 0.778. The average molecular weight is 217 g/mol. The van der Waals surface area contributed by atoms with Gasteiger partial charge in [-0.3, -0.25) is 4.79 Å². The lowest BCUT2D eigenvalue weighted by molar-refractivity contribution is -0.136. The van der Waals surface area contributed by atoms with E-state index in [4.69, 9.17) is 10.8 Å². The van der Waals surface area contributed by atoms with Gasteiger partial charge in [0.2, 0.25) is 0 Å². The molecule has 6 heteroatoms. The number of carboxylic acid groups (broad SMARTS) is 1. The van der Waals surface area contributed by atoms with Crippen molar-refractivity contribution >= 4 is 12.0 Å². The van der Waals surface area contributed by atoms with Gasteiger partial charge in [-0.2, -0.15) is 0 Å². The topological polar surface area (TPSA) is 95.7 Å². The summed E-state index contributed by atoms with van der Waals surface area (Å²) in [5.74, 6) is -0.755. The molecule has 0 aromatic carbocycles. The number of hydrogen-bond donors (Lipinski definition) is 3. The molecule has 0 bridgehead atoms. The molecule has 0 radical (unpaired) electrons. The van der Waals surface area contributed by atoms with Crippen molar-refractivity contribution in [2.24, 2.45) is 5.73 Å². The zero-order valence-electron chi connectivity index (χ0n) is 9.03. The zero-order valence-corrected chi connectivity index (χ0v) is 9.03. The molecular formula is C9H19N3O3. The highest BCUT2D eigenvalue weighted by Crippen LogP contribution is 2.05. The Morgan fingerprint density at radius 1 is 1.40 bits per heavy atom. The molecule has 1 rings (SSSR count). The molecule has 0 atom stereocenters. The van der Waals surface area contributed by atoms with E-state index in [1.54, 1.807) is 11.9 Å². The van der Waals surface area contributed by atoms with Gasteiger partial charge >= 0.3 is 12.0 Å². The second kappa shape index (κ2) is 8.05. The molecule has 6 nitrogen and oxygen atoms in total. The Morgan fingerprint density at radius 2 is 1.93 bits per heavy atom. The van der Waals surface area contributed by atoms with E-state index >= 15 is 0 Å². The van der Waals surface area contributed by atoms with Gasteiger partial charge in [-0.1, -0.05) is 0 Å². The predicted octanol–water partition coefficient (Wildman–Crippen LogP) is -0.159. The number of urea groups is 1. The van der Waals surface area contributed by atoms with Crippen LogP contribution in [-0.4, -0.2) is 48.7 Å². The smallest absolute Gasteiger partial charge is 0.314 e. The first kappa shape index (κ1) is 13.7. The van der Waals surface area contributed by atoms with Crippen molar-refractivity contribution in [3.8, 4) is 0 Å². The molecule has 15 heavy (non-hydrogen) atoms. The quantitative estimate of drug-likeness (QED) is 0.612. The number of amides is 2. The number of carbonyl (C=O) groups is 2. The molecule has 1 fully saturated rings. The van der Waals surface area contributed by atoms with Crippen molar-refractivity contribution in [2.45, 2.75) is 19.3 Å². The first-order chi connectivity index (χ1) is 7.07. The summed E-state index contributed by atoms with van der Waals surface area (Å²) < 4.78 is 0. The SMILES string of the molecule is CNCCC(=O)O.NC(=O)N1CCCC1. The number of carbonyl (C=O) groups excluding carboxylic acids is 1. The van der Waals surface area contributed by atoms with Crippen LogP contribution in [0.3, 0.4) is 0 Å². The fourth-order valence-electron chi connectivity index (χ4n) is 1.17. The molecule has 0 aliphatic carbocycles. The van der Waals surface area contributed by atoms with Gasteiger partial charge in [0.1, 0.15) is 0 Å². The summed E-state index contributed by atoms with van der Waals surface area (Å²) >= 11 is 0. The van der Waals surface area contributed by atoms with Gasteiger partial charge in [0.25, 0.3) is 0 Å². The molecule has 0 unspecified atom stereocenters. The molecule has 2 amide bonds. The number of carboxylic acids is 1. The monoisotopic (exact) mass is 217 g/mol. The van der Waals surface area contributed by atoms with E-state index in [2.05, 4.69) is 5.32 Å². The summed E-state index contributed by atoms with van der Waals surface area (Å²) in [4.78, 5) is 21.7. The van der Waals surface area contributed by atoms with Crippen molar-refractivity contribution < 1.29 is 14.7 Å². The third-order valence-corrected chi connectivity index (χ3v) is 2.01. The Labute approximate surface area is 89.4 Å². The summed E-state index contributed by atoms with van der Waals surface area (Å²) in [6.45, 7) is 2.26. The highest BCUT2D eigenvalue weighted by atomic mass is 16.4. The van der Waals surface area contributed by atoms with E-state index in [-0.39, 0.29) is 12.5 Å². The molecule has 0 spiro atoms. The molecule has 0 saturated carbocycles. The Bertz CT molecular complexity index is 203. The summed E-state index contributed by atoms with van der Waals surface area (Å²) in [5.41, 5.74) is 4.98. The second-order valence-corrected chi connectivity index (χ2v) is 3.28. The molecular weight excluding hydrogens is 198 g/mol. The van der Waals surface area contributed by atoms with Gasteiger partial charge in [-0.25, -0.2) is 4.79 Å². The lowest BCUT2D eigenvalue weighted by Gasteiger charge is -2.09. The molecule has 1 saturated heterocycles.